The molecule has 5 N–H and O–H groups in total. The van der Waals surface area contributed by atoms with E-state index in [0.717, 1.165) is 38.5 Å². The first kappa shape index (κ1) is 23.8. The van der Waals surface area contributed by atoms with Gasteiger partial charge in [-0.15, -0.1) is 0 Å². The Balaban J connectivity index is 2.32. The number of hydrogen-bond acceptors (Lipinski definition) is 6. The molecule has 30 heavy (non-hydrogen) atoms. The summed E-state index contributed by atoms with van der Waals surface area (Å²) in [6, 6.07) is 4.58. The van der Waals surface area contributed by atoms with Gasteiger partial charge in [0.15, 0.2) is 0 Å². The molecule has 2 atom stereocenters. The minimum absolute atomic E-state index is 0.00285. The third-order valence-corrected chi connectivity index (χ3v) is 5.49. The number of carbonyl (C=O) groups is 2. The van der Waals surface area contributed by atoms with Crippen molar-refractivity contribution in [2.45, 2.75) is 76.4 Å². The van der Waals surface area contributed by atoms with Crippen molar-refractivity contribution in [3.8, 4) is 0 Å². The highest BCUT2D eigenvalue weighted by Gasteiger charge is 2.33. The summed E-state index contributed by atoms with van der Waals surface area (Å²) in [5.41, 5.74) is 11.9. The van der Waals surface area contributed by atoms with Gasteiger partial charge in [0.05, 0.1) is 11.0 Å². The third kappa shape index (κ3) is 6.50. The molecule has 1 aliphatic rings. The van der Waals surface area contributed by atoms with Crippen molar-refractivity contribution in [3.63, 3.8) is 0 Å². The lowest BCUT2D eigenvalue weighted by molar-refractivity contribution is -0.384. The van der Waals surface area contributed by atoms with Gasteiger partial charge in [0.2, 0.25) is 11.8 Å². The molecule has 0 spiro atoms. The zero-order valence-corrected chi connectivity index (χ0v) is 17.6. The van der Waals surface area contributed by atoms with E-state index in [1.807, 2.05) is 0 Å². The molecule has 1 aliphatic carbocycles. The molecule has 1 aromatic carbocycles. The summed E-state index contributed by atoms with van der Waals surface area (Å²) in [6.45, 7) is 2.09. The lowest BCUT2D eigenvalue weighted by Crippen LogP contribution is -2.54. The Bertz CT molecular complexity index is 717. The van der Waals surface area contributed by atoms with Crippen molar-refractivity contribution in [2.75, 3.05) is 11.4 Å². The zero-order chi connectivity index (χ0) is 22.1. The number of nitrogens with one attached hydrogen (secondary N) is 1. The van der Waals surface area contributed by atoms with E-state index < -0.39 is 17.0 Å². The van der Waals surface area contributed by atoms with Crippen LogP contribution in [0.15, 0.2) is 24.3 Å². The van der Waals surface area contributed by atoms with Crippen LogP contribution in [0.3, 0.4) is 0 Å². The molecule has 0 unspecified atom stereocenters. The van der Waals surface area contributed by atoms with Crippen molar-refractivity contribution >= 4 is 23.2 Å². The lowest BCUT2D eigenvalue weighted by atomic mass is 9.92. The minimum atomic E-state index is -0.725. The van der Waals surface area contributed by atoms with Gasteiger partial charge in [0.25, 0.3) is 5.69 Å². The molecular weight excluding hydrogens is 386 g/mol. The van der Waals surface area contributed by atoms with Gasteiger partial charge in [-0.2, -0.15) is 0 Å². The van der Waals surface area contributed by atoms with Gasteiger partial charge in [-0.05, 0) is 57.7 Å². The van der Waals surface area contributed by atoms with Crippen LogP contribution in [-0.2, 0) is 9.59 Å². The van der Waals surface area contributed by atoms with E-state index >= 15 is 0 Å². The highest BCUT2D eigenvalue weighted by molar-refractivity contribution is 6.00. The van der Waals surface area contributed by atoms with Gasteiger partial charge in [-0.25, -0.2) is 0 Å². The predicted octanol–water partition coefficient (Wildman–Crippen LogP) is 2.22. The molecule has 2 amide bonds. The second kappa shape index (κ2) is 11.6. The molecular formula is C21H33N5O4. The van der Waals surface area contributed by atoms with E-state index in [-0.39, 0.29) is 23.5 Å². The summed E-state index contributed by atoms with van der Waals surface area (Å²) >= 11 is 0. The highest BCUT2D eigenvalue weighted by Crippen LogP contribution is 2.30. The molecule has 1 fully saturated rings. The van der Waals surface area contributed by atoms with E-state index in [9.17, 15) is 19.7 Å². The van der Waals surface area contributed by atoms with Gasteiger partial charge in [-0.3, -0.25) is 19.7 Å². The zero-order valence-electron chi connectivity index (χ0n) is 17.6. The van der Waals surface area contributed by atoms with E-state index in [4.69, 9.17) is 11.5 Å². The van der Waals surface area contributed by atoms with Crippen molar-refractivity contribution in [2.24, 2.45) is 11.5 Å². The predicted molar refractivity (Wildman–Crippen MR) is 116 cm³/mol. The molecule has 2 rings (SSSR count). The van der Waals surface area contributed by atoms with Crippen LogP contribution in [0.5, 0.6) is 0 Å². The summed E-state index contributed by atoms with van der Waals surface area (Å²) in [7, 11) is 0. The second-order valence-corrected chi connectivity index (χ2v) is 7.91. The second-order valence-electron chi connectivity index (χ2n) is 7.91. The molecule has 0 saturated heterocycles. The van der Waals surface area contributed by atoms with Crippen molar-refractivity contribution in [1.82, 2.24) is 5.32 Å². The topological polar surface area (TPSA) is 145 Å². The van der Waals surface area contributed by atoms with Crippen LogP contribution in [0.1, 0.15) is 58.3 Å². The van der Waals surface area contributed by atoms with Crippen LogP contribution < -0.4 is 21.7 Å². The van der Waals surface area contributed by atoms with E-state index in [1.54, 1.807) is 24.0 Å². The molecule has 1 aromatic rings. The Hall–Kier alpha value is -2.52. The maximum Gasteiger partial charge on any atom is 0.269 e. The standard InChI is InChI=1S/C21H33N5O4/c1-15(23)20(27)24-19(9-5-6-14-22)21(28)25(16-7-3-2-4-8-16)17-10-12-18(13-11-17)26(29)30/h10-13,15-16,19H,2-9,14,22-23H2,1H3,(H,24,27)/t15-,19-/m0/s1. The third-order valence-electron chi connectivity index (χ3n) is 5.49. The maximum absolute atomic E-state index is 13.6. The van der Waals surface area contributed by atoms with E-state index in [2.05, 4.69) is 5.32 Å². The normalized spacial score (nSPS) is 16.5. The Labute approximate surface area is 177 Å². The first-order valence-corrected chi connectivity index (χ1v) is 10.7. The molecule has 0 radical (unpaired) electrons. The molecule has 1 saturated carbocycles. The number of nitro groups is 1. The van der Waals surface area contributed by atoms with Crippen LogP contribution in [0.4, 0.5) is 11.4 Å². The highest BCUT2D eigenvalue weighted by atomic mass is 16.6. The minimum Gasteiger partial charge on any atom is -0.343 e. The average molecular weight is 420 g/mol. The quantitative estimate of drug-likeness (QED) is 0.301. The number of rotatable bonds is 10. The molecule has 9 heteroatoms. The molecule has 0 aromatic heterocycles. The fraction of sp³-hybridized carbons (Fsp3) is 0.619. The number of benzene rings is 1. The number of anilines is 1. The fourth-order valence-electron chi connectivity index (χ4n) is 3.81. The molecule has 0 heterocycles. The summed E-state index contributed by atoms with van der Waals surface area (Å²) in [6.07, 6.45) is 6.80. The SMILES string of the molecule is C[C@H](N)C(=O)N[C@@H](CCCCN)C(=O)N(c1ccc([N+](=O)[O-])cc1)C1CCCCC1. The van der Waals surface area contributed by atoms with Crippen LogP contribution in [0.25, 0.3) is 0 Å². The van der Waals surface area contributed by atoms with Gasteiger partial charge in [0, 0.05) is 23.9 Å². The summed E-state index contributed by atoms with van der Waals surface area (Å²) < 4.78 is 0. The molecule has 166 valence electrons. The number of amides is 2. The van der Waals surface area contributed by atoms with Gasteiger partial charge < -0.3 is 21.7 Å². The van der Waals surface area contributed by atoms with Crippen LogP contribution in [-0.4, -0.2) is 41.4 Å². The van der Waals surface area contributed by atoms with Crippen molar-refractivity contribution in [3.05, 3.63) is 34.4 Å². The summed E-state index contributed by atoms with van der Waals surface area (Å²) in [5, 5.41) is 13.8. The van der Waals surface area contributed by atoms with Gasteiger partial charge in [-0.1, -0.05) is 19.3 Å². The fourth-order valence-corrected chi connectivity index (χ4v) is 3.81. The number of nitrogens with zero attached hydrogens (tertiary/aromatic N) is 2. The van der Waals surface area contributed by atoms with Crippen LogP contribution in [0, 0.1) is 10.1 Å². The van der Waals surface area contributed by atoms with Gasteiger partial charge >= 0.3 is 0 Å². The number of unbranched alkanes of at least 4 members (excludes halogenated alkanes) is 1. The van der Waals surface area contributed by atoms with Crippen LogP contribution >= 0.6 is 0 Å². The summed E-state index contributed by atoms with van der Waals surface area (Å²) in [4.78, 5) is 38.1. The number of non-ortho nitro benzene ring substituents is 1. The molecule has 9 nitrogen and oxygen atoms in total. The number of hydrogen-bond donors (Lipinski definition) is 3. The largest absolute Gasteiger partial charge is 0.343 e. The first-order chi connectivity index (χ1) is 14.3. The van der Waals surface area contributed by atoms with E-state index in [1.165, 1.54) is 12.1 Å². The molecule has 0 bridgehead atoms. The van der Waals surface area contributed by atoms with Crippen molar-refractivity contribution < 1.29 is 14.5 Å². The Morgan fingerprint density at radius 2 is 1.83 bits per heavy atom. The average Bonchev–Trinajstić information content (AvgIpc) is 2.74. The maximum atomic E-state index is 13.6. The smallest absolute Gasteiger partial charge is 0.269 e. The van der Waals surface area contributed by atoms with Crippen LogP contribution in [0.2, 0.25) is 0 Å². The Kier molecular flexibility index (Phi) is 9.19. The lowest BCUT2D eigenvalue weighted by Gasteiger charge is -2.37. The Morgan fingerprint density at radius 1 is 1.20 bits per heavy atom. The molecule has 0 aliphatic heterocycles. The number of nitro benzene ring substituents is 1. The van der Waals surface area contributed by atoms with Crippen molar-refractivity contribution in [1.29, 1.82) is 0 Å². The van der Waals surface area contributed by atoms with E-state index in [0.29, 0.717) is 25.1 Å². The monoisotopic (exact) mass is 419 g/mol. The number of carbonyl (C=O) groups excluding carboxylic acids is 2. The van der Waals surface area contributed by atoms with Gasteiger partial charge in [0.1, 0.15) is 6.04 Å². The number of nitrogens with two attached hydrogens (primary N) is 2. The first-order valence-electron chi connectivity index (χ1n) is 10.7. The summed E-state index contributed by atoms with van der Waals surface area (Å²) in [5.74, 6) is -0.588. The Morgan fingerprint density at radius 3 is 2.37 bits per heavy atom.